The van der Waals surface area contributed by atoms with Crippen LogP contribution in [0.25, 0.3) is 0 Å². The Labute approximate surface area is 79.0 Å². The molecular weight excluding hydrogens is 168 g/mol. The van der Waals surface area contributed by atoms with Crippen molar-refractivity contribution in [2.24, 2.45) is 5.73 Å². The van der Waals surface area contributed by atoms with E-state index >= 15 is 0 Å². The molecule has 1 heterocycles. The van der Waals surface area contributed by atoms with E-state index in [0.717, 1.165) is 0 Å². The molecule has 0 spiro atoms. The van der Waals surface area contributed by atoms with Gasteiger partial charge in [-0.3, -0.25) is 4.79 Å². The van der Waals surface area contributed by atoms with Crippen LogP contribution >= 0.6 is 0 Å². The van der Waals surface area contributed by atoms with Gasteiger partial charge in [-0.1, -0.05) is 0 Å². The molecule has 13 heavy (non-hydrogen) atoms. The van der Waals surface area contributed by atoms with Crippen molar-refractivity contribution in [3.63, 3.8) is 0 Å². The molecule has 0 aliphatic carbocycles. The molecule has 0 aromatic heterocycles. The van der Waals surface area contributed by atoms with Gasteiger partial charge in [0.1, 0.15) is 0 Å². The van der Waals surface area contributed by atoms with Crippen molar-refractivity contribution in [1.82, 2.24) is 4.90 Å². The maximum absolute atomic E-state index is 11.3. The highest BCUT2D eigenvalue weighted by Gasteiger charge is 2.35. The number of rotatable bonds is 1. The summed E-state index contributed by atoms with van der Waals surface area (Å²) in [6.07, 6.45) is -0.00285. The fourth-order valence-corrected chi connectivity index (χ4v) is 1.60. The summed E-state index contributed by atoms with van der Waals surface area (Å²) in [5.74, 6) is 0.0896. The van der Waals surface area contributed by atoms with E-state index in [4.69, 9.17) is 10.5 Å². The Balaban J connectivity index is 2.69. The van der Waals surface area contributed by atoms with E-state index in [9.17, 15) is 4.79 Å². The van der Waals surface area contributed by atoms with Crippen LogP contribution < -0.4 is 5.73 Å². The molecule has 2 N–H and O–H groups in total. The molecule has 1 atom stereocenters. The van der Waals surface area contributed by atoms with Gasteiger partial charge in [-0.05, 0) is 13.8 Å². The van der Waals surface area contributed by atoms with E-state index in [2.05, 4.69) is 0 Å². The monoisotopic (exact) mass is 186 g/mol. The first kappa shape index (κ1) is 10.5. The minimum Gasteiger partial charge on any atom is -0.373 e. The topological polar surface area (TPSA) is 55.6 Å². The van der Waals surface area contributed by atoms with Crippen molar-refractivity contribution in [1.29, 1.82) is 0 Å². The highest BCUT2D eigenvalue weighted by Crippen LogP contribution is 2.21. The van der Waals surface area contributed by atoms with Crippen molar-refractivity contribution in [3.8, 4) is 0 Å². The predicted molar refractivity (Wildman–Crippen MR) is 50.3 cm³/mol. The van der Waals surface area contributed by atoms with E-state index < -0.39 is 0 Å². The van der Waals surface area contributed by atoms with E-state index in [-0.39, 0.29) is 17.6 Å². The first-order chi connectivity index (χ1) is 5.97. The first-order valence-corrected chi connectivity index (χ1v) is 4.57. The van der Waals surface area contributed by atoms with Crippen molar-refractivity contribution in [2.45, 2.75) is 32.4 Å². The predicted octanol–water partition coefficient (Wildman–Crippen LogP) is -0.0290. The zero-order chi connectivity index (χ0) is 10.1. The third-order valence-corrected chi connectivity index (χ3v) is 2.43. The summed E-state index contributed by atoms with van der Waals surface area (Å²) in [7, 11) is 0. The molecular formula is C9H18N2O2. The third kappa shape index (κ3) is 2.19. The highest BCUT2D eigenvalue weighted by molar-refractivity contribution is 5.74. The smallest absolute Gasteiger partial charge is 0.220 e. The van der Waals surface area contributed by atoms with Crippen LogP contribution in [0.3, 0.4) is 0 Å². The Hall–Kier alpha value is -0.610. The standard InChI is InChI=1S/C9H18N2O2/c1-7(12)11-5-8(4-10)13-6-9(11,2)3/h8H,4-6,10H2,1-3H3. The van der Waals surface area contributed by atoms with Gasteiger partial charge in [0.05, 0.1) is 18.2 Å². The van der Waals surface area contributed by atoms with Gasteiger partial charge in [-0.15, -0.1) is 0 Å². The van der Waals surface area contributed by atoms with Gasteiger partial charge in [0, 0.05) is 20.0 Å². The average Bonchev–Trinajstić information content (AvgIpc) is 2.03. The van der Waals surface area contributed by atoms with Crippen molar-refractivity contribution >= 4 is 5.91 Å². The molecule has 0 saturated carbocycles. The number of ether oxygens (including phenoxy) is 1. The van der Waals surface area contributed by atoms with Gasteiger partial charge in [-0.2, -0.15) is 0 Å². The zero-order valence-corrected chi connectivity index (χ0v) is 8.54. The number of nitrogens with zero attached hydrogens (tertiary/aromatic N) is 1. The van der Waals surface area contributed by atoms with Crippen LogP contribution in [0.15, 0.2) is 0 Å². The molecule has 4 nitrogen and oxygen atoms in total. The van der Waals surface area contributed by atoms with Gasteiger partial charge in [0.2, 0.25) is 5.91 Å². The Kier molecular flexibility index (Phi) is 2.93. The molecule has 4 heteroatoms. The van der Waals surface area contributed by atoms with Crippen molar-refractivity contribution < 1.29 is 9.53 Å². The van der Waals surface area contributed by atoms with E-state index in [1.54, 1.807) is 6.92 Å². The van der Waals surface area contributed by atoms with Crippen LogP contribution in [0.5, 0.6) is 0 Å². The largest absolute Gasteiger partial charge is 0.373 e. The van der Waals surface area contributed by atoms with Crippen LogP contribution in [-0.4, -0.2) is 42.1 Å². The number of carbonyl (C=O) groups excluding carboxylic acids is 1. The second-order valence-electron chi connectivity index (χ2n) is 4.11. The molecule has 0 aromatic rings. The zero-order valence-electron chi connectivity index (χ0n) is 8.54. The molecule has 76 valence electrons. The highest BCUT2D eigenvalue weighted by atomic mass is 16.5. The molecule has 1 aliphatic rings. The molecule has 0 radical (unpaired) electrons. The summed E-state index contributed by atoms with van der Waals surface area (Å²) >= 11 is 0. The van der Waals surface area contributed by atoms with Gasteiger partial charge in [0.15, 0.2) is 0 Å². The molecule has 1 fully saturated rings. The first-order valence-electron chi connectivity index (χ1n) is 4.57. The summed E-state index contributed by atoms with van der Waals surface area (Å²) in [5, 5.41) is 0. The van der Waals surface area contributed by atoms with Gasteiger partial charge >= 0.3 is 0 Å². The summed E-state index contributed by atoms with van der Waals surface area (Å²) in [6.45, 7) is 7.23. The SMILES string of the molecule is CC(=O)N1CC(CN)OCC1(C)C. The van der Waals surface area contributed by atoms with Crippen LogP contribution in [0, 0.1) is 0 Å². The van der Waals surface area contributed by atoms with Crippen LogP contribution in [0.1, 0.15) is 20.8 Å². The van der Waals surface area contributed by atoms with E-state index in [1.165, 1.54) is 0 Å². The maximum atomic E-state index is 11.3. The summed E-state index contributed by atoms with van der Waals surface area (Å²) in [5.41, 5.74) is 5.29. The molecule has 1 aliphatic heterocycles. The van der Waals surface area contributed by atoms with Crippen LogP contribution in [-0.2, 0) is 9.53 Å². The van der Waals surface area contributed by atoms with Crippen LogP contribution in [0.2, 0.25) is 0 Å². The second-order valence-corrected chi connectivity index (χ2v) is 4.11. The minimum atomic E-state index is -0.197. The number of amides is 1. The number of morpholine rings is 1. The van der Waals surface area contributed by atoms with Gasteiger partial charge in [-0.25, -0.2) is 0 Å². The fraction of sp³-hybridized carbons (Fsp3) is 0.889. The summed E-state index contributed by atoms with van der Waals surface area (Å²) in [6, 6.07) is 0. The van der Waals surface area contributed by atoms with Gasteiger partial charge in [0.25, 0.3) is 0 Å². The number of nitrogens with two attached hydrogens (primary N) is 1. The second kappa shape index (κ2) is 3.64. The lowest BCUT2D eigenvalue weighted by Crippen LogP contribution is -2.59. The molecule has 1 unspecified atom stereocenters. The van der Waals surface area contributed by atoms with Crippen molar-refractivity contribution in [2.75, 3.05) is 19.7 Å². The summed E-state index contributed by atoms with van der Waals surface area (Å²) < 4.78 is 5.50. The van der Waals surface area contributed by atoms with Crippen molar-refractivity contribution in [3.05, 3.63) is 0 Å². The third-order valence-electron chi connectivity index (χ3n) is 2.43. The Bertz CT molecular complexity index is 204. The molecule has 1 amide bonds. The fourth-order valence-electron chi connectivity index (χ4n) is 1.60. The Morgan fingerprint density at radius 1 is 1.69 bits per heavy atom. The Morgan fingerprint density at radius 3 is 2.77 bits per heavy atom. The molecule has 0 aromatic carbocycles. The lowest BCUT2D eigenvalue weighted by molar-refractivity contribution is -0.151. The summed E-state index contributed by atoms with van der Waals surface area (Å²) in [4.78, 5) is 13.1. The number of hydrogen-bond acceptors (Lipinski definition) is 3. The molecule has 1 saturated heterocycles. The molecule has 0 bridgehead atoms. The quantitative estimate of drug-likeness (QED) is 0.625. The lowest BCUT2D eigenvalue weighted by Gasteiger charge is -2.44. The maximum Gasteiger partial charge on any atom is 0.220 e. The average molecular weight is 186 g/mol. The molecule has 1 rings (SSSR count). The van der Waals surface area contributed by atoms with Gasteiger partial charge < -0.3 is 15.4 Å². The van der Waals surface area contributed by atoms with E-state index in [1.807, 2.05) is 18.7 Å². The Morgan fingerprint density at radius 2 is 2.31 bits per heavy atom. The normalized spacial score (nSPS) is 27.4. The van der Waals surface area contributed by atoms with E-state index in [0.29, 0.717) is 19.7 Å². The minimum absolute atomic E-state index is 0.00285. The number of hydrogen-bond donors (Lipinski definition) is 1. The lowest BCUT2D eigenvalue weighted by atomic mass is 10.0. The number of carbonyl (C=O) groups is 1. The van der Waals surface area contributed by atoms with Crippen LogP contribution in [0.4, 0.5) is 0 Å².